The maximum absolute atomic E-state index is 13.2. The number of ether oxygens (including phenoxy) is 1. The Morgan fingerprint density at radius 2 is 2.37 bits per heavy atom. The molecule has 1 atom stereocenters. The summed E-state index contributed by atoms with van der Waals surface area (Å²) in [5.41, 5.74) is 0. The van der Waals surface area contributed by atoms with E-state index in [2.05, 4.69) is 27.1 Å². The second-order valence-electron chi connectivity index (χ2n) is 4.71. The molecular weight excluding hydrogens is 247 g/mol. The summed E-state index contributed by atoms with van der Waals surface area (Å²) in [5.74, 6) is -0.144. The molecule has 1 N–H and O–H groups in total. The van der Waals surface area contributed by atoms with Crippen LogP contribution in [0.2, 0.25) is 0 Å². The van der Waals surface area contributed by atoms with Crippen molar-refractivity contribution in [3.63, 3.8) is 0 Å². The van der Waals surface area contributed by atoms with E-state index in [0.717, 1.165) is 25.8 Å². The summed E-state index contributed by atoms with van der Waals surface area (Å²) in [5, 5.41) is 3.17. The third-order valence-corrected chi connectivity index (χ3v) is 3.56. The van der Waals surface area contributed by atoms with Crippen LogP contribution in [0.4, 0.5) is 10.3 Å². The fourth-order valence-electron chi connectivity index (χ4n) is 2.50. The Hall–Kier alpha value is -1.43. The number of hydrogen-bond donors (Lipinski definition) is 1. The van der Waals surface area contributed by atoms with Crippen molar-refractivity contribution in [2.75, 3.05) is 32.1 Å². The van der Waals surface area contributed by atoms with Crippen LogP contribution in [0.1, 0.15) is 26.2 Å². The number of anilines is 1. The van der Waals surface area contributed by atoms with Crippen molar-refractivity contribution in [2.24, 2.45) is 0 Å². The standard InChI is InChI=1S/C13H21FN4O/c1-3-18-7-5-4-6-10(18)8-15-13-16-9-11(14)12(17-13)19-2/h9-10H,3-8H2,1-2H3,(H,15,16,17)/t10-/m0/s1. The van der Waals surface area contributed by atoms with E-state index >= 15 is 0 Å². The fraction of sp³-hybridized carbons (Fsp3) is 0.692. The Balaban J connectivity index is 1.94. The van der Waals surface area contributed by atoms with Gasteiger partial charge in [-0.3, -0.25) is 4.90 Å². The Bertz CT molecular complexity index is 416. The molecule has 5 nitrogen and oxygen atoms in total. The van der Waals surface area contributed by atoms with Gasteiger partial charge in [-0.05, 0) is 25.9 Å². The van der Waals surface area contributed by atoms with Gasteiger partial charge < -0.3 is 10.1 Å². The highest BCUT2D eigenvalue weighted by Crippen LogP contribution is 2.18. The molecule has 0 aromatic carbocycles. The van der Waals surface area contributed by atoms with Crippen LogP contribution in [0.3, 0.4) is 0 Å². The molecule has 2 heterocycles. The highest BCUT2D eigenvalue weighted by Gasteiger charge is 2.20. The molecule has 1 aliphatic rings. The average Bonchev–Trinajstić information content (AvgIpc) is 2.46. The van der Waals surface area contributed by atoms with E-state index in [0.29, 0.717) is 12.0 Å². The average molecular weight is 268 g/mol. The van der Waals surface area contributed by atoms with Gasteiger partial charge in [0.05, 0.1) is 13.3 Å². The Labute approximate surface area is 113 Å². The molecular formula is C13H21FN4O. The molecule has 1 fully saturated rings. The zero-order valence-electron chi connectivity index (χ0n) is 11.5. The van der Waals surface area contributed by atoms with Crippen molar-refractivity contribution < 1.29 is 9.13 Å². The second-order valence-corrected chi connectivity index (χ2v) is 4.71. The number of likely N-dealkylation sites (tertiary alicyclic amines) is 1. The SMILES string of the molecule is CCN1CCCC[C@H]1CNc1ncc(F)c(OC)n1. The molecule has 0 radical (unpaired) electrons. The van der Waals surface area contributed by atoms with Gasteiger partial charge in [-0.25, -0.2) is 4.98 Å². The maximum Gasteiger partial charge on any atom is 0.255 e. The van der Waals surface area contributed by atoms with Gasteiger partial charge in [0, 0.05) is 12.6 Å². The first-order valence-corrected chi connectivity index (χ1v) is 6.79. The maximum atomic E-state index is 13.2. The quantitative estimate of drug-likeness (QED) is 0.884. The van der Waals surface area contributed by atoms with E-state index in [1.807, 2.05) is 0 Å². The summed E-state index contributed by atoms with van der Waals surface area (Å²) in [6, 6.07) is 0.499. The largest absolute Gasteiger partial charge is 0.479 e. The van der Waals surface area contributed by atoms with Crippen LogP contribution < -0.4 is 10.1 Å². The first kappa shape index (κ1) is 14.0. The van der Waals surface area contributed by atoms with Crippen LogP contribution in [0.15, 0.2) is 6.20 Å². The summed E-state index contributed by atoms with van der Waals surface area (Å²) in [6.07, 6.45) is 4.84. The lowest BCUT2D eigenvalue weighted by Crippen LogP contribution is -2.43. The highest BCUT2D eigenvalue weighted by atomic mass is 19.1. The minimum Gasteiger partial charge on any atom is -0.479 e. The van der Waals surface area contributed by atoms with E-state index in [1.54, 1.807) is 0 Å². The van der Waals surface area contributed by atoms with Crippen molar-refractivity contribution in [3.8, 4) is 5.88 Å². The number of likely N-dealkylation sites (N-methyl/N-ethyl adjacent to an activating group) is 1. The van der Waals surface area contributed by atoms with Gasteiger partial charge in [-0.2, -0.15) is 9.37 Å². The Morgan fingerprint density at radius 3 is 3.11 bits per heavy atom. The lowest BCUT2D eigenvalue weighted by molar-refractivity contribution is 0.164. The van der Waals surface area contributed by atoms with E-state index in [1.165, 1.54) is 26.4 Å². The van der Waals surface area contributed by atoms with Gasteiger partial charge in [-0.15, -0.1) is 0 Å². The Morgan fingerprint density at radius 1 is 1.53 bits per heavy atom. The smallest absolute Gasteiger partial charge is 0.255 e. The molecule has 0 aliphatic carbocycles. The zero-order valence-corrected chi connectivity index (χ0v) is 11.5. The lowest BCUT2D eigenvalue weighted by atomic mass is 10.0. The zero-order chi connectivity index (χ0) is 13.7. The summed E-state index contributed by atoms with van der Waals surface area (Å²) >= 11 is 0. The lowest BCUT2D eigenvalue weighted by Gasteiger charge is -2.34. The highest BCUT2D eigenvalue weighted by molar-refractivity contribution is 5.28. The van der Waals surface area contributed by atoms with Gasteiger partial charge in [-0.1, -0.05) is 13.3 Å². The van der Waals surface area contributed by atoms with Crippen LogP contribution in [0.5, 0.6) is 5.88 Å². The number of nitrogens with one attached hydrogen (secondary N) is 1. The summed E-state index contributed by atoms with van der Waals surface area (Å²) in [7, 11) is 1.40. The molecule has 1 aromatic heterocycles. The first-order valence-electron chi connectivity index (χ1n) is 6.79. The topological polar surface area (TPSA) is 50.3 Å². The summed E-state index contributed by atoms with van der Waals surface area (Å²) in [6.45, 7) is 5.16. The molecule has 1 aromatic rings. The van der Waals surface area contributed by atoms with Gasteiger partial charge in [0.2, 0.25) is 11.8 Å². The van der Waals surface area contributed by atoms with Gasteiger partial charge in [0.25, 0.3) is 5.88 Å². The molecule has 6 heteroatoms. The molecule has 0 bridgehead atoms. The fourth-order valence-corrected chi connectivity index (χ4v) is 2.50. The molecule has 0 amide bonds. The molecule has 19 heavy (non-hydrogen) atoms. The molecule has 2 rings (SSSR count). The van der Waals surface area contributed by atoms with Crippen molar-refractivity contribution >= 4 is 5.95 Å². The number of hydrogen-bond acceptors (Lipinski definition) is 5. The predicted octanol–water partition coefficient (Wildman–Crippen LogP) is 1.91. The molecule has 0 unspecified atom stereocenters. The van der Waals surface area contributed by atoms with Crippen molar-refractivity contribution in [1.82, 2.24) is 14.9 Å². The van der Waals surface area contributed by atoms with Gasteiger partial charge in [0.15, 0.2) is 0 Å². The van der Waals surface area contributed by atoms with Crippen LogP contribution in [0, 0.1) is 5.82 Å². The van der Waals surface area contributed by atoms with Gasteiger partial charge in [0.1, 0.15) is 0 Å². The van der Waals surface area contributed by atoms with E-state index in [-0.39, 0.29) is 5.88 Å². The number of rotatable bonds is 5. The van der Waals surface area contributed by atoms with Crippen LogP contribution >= 0.6 is 0 Å². The minimum absolute atomic E-state index is 0.0199. The summed E-state index contributed by atoms with van der Waals surface area (Å²) < 4.78 is 18.0. The Kier molecular flexibility index (Phi) is 4.90. The number of halogens is 1. The van der Waals surface area contributed by atoms with Crippen molar-refractivity contribution in [2.45, 2.75) is 32.2 Å². The number of methoxy groups -OCH3 is 1. The van der Waals surface area contributed by atoms with Crippen molar-refractivity contribution in [1.29, 1.82) is 0 Å². The molecule has 0 saturated carbocycles. The molecule has 106 valence electrons. The number of nitrogens with zero attached hydrogens (tertiary/aromatic N) is 3. The first-order chi connectivity index (χ1) is 9.24. The normalized spacial score (nSPS) is 20.3. The monoisotopic (exact) mass is 268 g/mol. The number of aromatic nitrogens is 2. The summed E-state index contributed by atoms with van der Waals surface area (Å²) in [4.78, 5) is 10.4. The van der Waals surface area contributed by atoms with E-state index < -0.39 is 5.82 Å². The number of piperidine rings is 1. The van der Waals surface area contributed by atoms with Crippen LogP contribution in [-0.4, -0.2) is 47.7 Å². The molecule has 0 spiro atoms. The van der Waals surface area contributed by atoms with Crippen LogP contribution in [0.25, 0.3) is 0 Å². The van der Waals surface area contributed by atoms with E-state index in [4.69, 9.17) is 4.74 Å². The predicted molar refractivity (Wildman–Crippen MR) is 71.9 cm³/mol. The molecule has 1 aliphatic heterocycles. The van der Waals surface area contributed by atoms with E-state index in [9.17, 15) is 4.39 Å². The van der Waals surface area contributed by atoms with Crippen molar-refractivity contribution in [3.05, 3.63) is 12.0 Å². The third kappa shape index (κ3) is 3.53. The van der Waals surface area contributed by atoms with Gasteiger partial charge >= 0.3 is 0 Å². The molecule has 1 saturated heterocycles. The minimum atomic E-state index is -0.541. The second kappa shape index (κ2) is 6.65. The van der Waals surface area contributed by atoms with Crippen LogP contribution in [-0.2, 0) is 0 Å². The third-order valence-electron chi connectivity index (χ3n) is 3.56.